The number of fused-ring (bicyclic) bond motifs is 1. The van der Waals surface area contributed by atoms with Crippen molar-refractivity contribution in [2.75, 3.05) is 0 Å². The molecule has 0 saturated heterocycles. The summed E-state index contributed by atoms with van der Waals surface area (Å²) in [4.78, 5) is 0. The minimum Gasteiger partial charge on any atom is -0.393 e. The van der Waals surface area contributed by atoms with Gasteiger partial charge < -0.3 is 5.11 Å². The van der Waals surface area contributed by atoms with Gasteiger partial charge in [-0.15, -0.1) is 0 Å². The fourth-order valence-electron chi connectivity index (χ4n) is 3.51. The van der Waals surface area contributed by atoms with Crippen molar-refractivity contribution in [2.45, 2.75) is 31.8 Å². The summed E-state index contributed by atoms with van der Waals surface area (Å²) in [5, 5.41) is 9.59. The molecule has 3 rings (SSSR count). The van der Waals surface area contributed by atoms with Crippen molar-refractivity contribution < 1.29 is 5.11 Å². The van der Waals surface area contributed by atoms with Crippen LogP contribution in [0.2, 0.25) is 0 Å². The molecule has 0 aliphatic heterocycles. The van der Waals surface area contributed by atoms with Gasteiger partial charge in [0.15, 0.2) is 0 Å². The predicted molar refractivity (Wildman–Crippen MR) is 38.4 cm³/mol. The molecule has 0 heterocycles. The monoisotopic (exact) mass is 138 g/mol. The van der Waals surface area contributed by atoms with E-state index in [1.165, 1.54) is 19.3 Å². The summed E-state index contributed by atoms with van der Waals surface area (Å²) in [5.74, 6) is 3.72. The zero-order valence-electron chi connectivity index (χ0n) is 6.16. The van der Waals surface area contributed by atoms with Gasteiger partial charge in [0.25, 0.3) is 0 Å². The van der Waals surface area contributed by atoms with E-state index in [0.29, 0.717) is 5.92 Å². The molecule has 3 fully saturated rings. The zero-order valence-corrected chi connectivity index (χ0v) is 6.16. The van der Waals surface area contributed by atoms with Crippen molar-refractivity contribution in [3.8, 4) is 0 Å². The van der Waals surface area contributed by atoms with Crippen LogP contribution in [0.15, 0.2) is 0 Å². The second-order valence-electron chi connectivity index (χ2n) is 4.45. The lowest BCUT2D eigenvalue weighted by molar-refractivity contribution is 0.00948. The SMILES string of the molecule is O[C@H]1C[C@@H]2C[C@@H]3C[C@H]1C[C@@H]32. The molecule has 3 saturated carbocycles. The first-order valence-electron chi connectivity index (χ1n) is 4.52. The standard InChI is InChI=1S/C9H14O/c10-9-4-6-1-5-2-7(9)3-8(5)6/h5-10H,1-4H2/t5-,6+,7+,8+,9+/m1/s1. The number of hydrogen-bond donors (Lipinski definition) is 1. The Labute approximate surface area is 61.4 Å². The van der Waals surface area contributed by atoms with Gasteiger partial charge in [0, 0.05) is 0 Å². The molecule has 1 heteroatoms. The van der Waals surface area contributed by atoms with E-state index in [4.69, 9.17) is 0 Å². The minimum atomic E-state index is 0.0775. The van der Waals surface area contributed by atoms with Crippen molar-refractivity contribution in [2.24, 2.45) is 23.7 Å². The smallest absolute Gasteiger partial charge is 0.0571 e. The largest absolute Gasteiger partial charge is 0.393 e. The Kier molecular flexibility index (Phi) is 0.883. The molecule has 3 aliphatic rings. The van der Waals surface area contributed by atoms with Gasteiger partial charge in [-0.05, 0) is 49.4 Å². The Hall–Kier alpha value is -0.0400. The fourth-order valence-corrected chi connectivity index (χ4v) is 3.51. The maximum Gasteiger partial charge on any atom is 0.0571 e. The van der Waals surface area contributed by atoms with Crippen LogP contribution in [-0.2, 0) is 0 Å². The number of rotatable bonds is 0. The lowest BCUT2D eigenvalue weighted by Gasteiger charge is -2.42. The first-order chi connectivity index (χ1) is 4.84. The van der Waals surface area contributed by atoms with Gasteiger partial charge in [0.05, 0.1) is 6.10 Å². The van der Waals surface area contributed by atoms with Crippen molar-refractivity contribution in [3.05, 3.63) is 0 Å². The summed E-state index contributed by atoms with van der Waals surface area (Å²) >= 11 is 0. The fraction of sp³-hybridized carbons (Fsp3) is 1.00. The lowest BCUT2D eigenvalue weighted by atomic mass is 9.63. The summed E-state index contributed by atoms with van der Waals surface area (Å²) < 4.78 is 0. The molecule has 5 atom stereocenters. The van der Waals surface area contributed by atoms with E-state index in [-0.39, 0.29) is 6.10 Å². The Bertz CT molecular complexity index is 164. The van der Waals surface area contributed by atoms with E-state index in [1.807, 2.05) is 0 Å². The van der Waals surface area contributed by atoms with Gasteiger partial charge >= 0.3 is 0 Å². The summed E-state index contributed by atoms with van der Waals surface area (Å²) in [6, 6.07) is 0. The second kappa shape index (κ2) is 1.58. The van der Waals surface area contributed by atoms with Crippen molar-refractivity contribution in [1.82, 2.24) is 0 Å². The molecule has 2 bridgehead atoms. The Morgan fingerprint density at radius 3 is 2.40 bits per heavy atom. The first kappa shape index (κ1) is 5.59. The molecule has 0 unspecified atom stereocenters. The molecule has 0 spiro atoms. The topological polar surface area (TPSA) is 20.2 Å². The molecule has 56 valence electrons. The molecule has 10 heavy (non-hydrogen) atoms. The maximum absolute atomic E-state index is 9.59. The van der Waals surface area contributed by atoms with E-state index in [9.17, 15) is 5.11 Å². The molecule has 0 aromatic rings. The Morgan fingerprint density at radius 2 is 1.50 bits per heavy atom. The van der Waals surface area contributed by atoms with E-state index in [0.717, 1.165) is 24.2 Å². The average Bonchev–Trinajstić information content (AvgIpc) is 2.04. The molecular weight excluding hydrogens is 124 g/mol. The van der Waals surface area contributed by atoms with Crippen LogP contribution in [0.5, 0.6) is 0 Å². The summed E-state index contributed by atoms with van der Waals surface area (Å²) in [7, 11) is 0. The Balaban J connectivity index is 1.92. The Morgan fingerprint density at radius 1 is 0.800 bits per heavy atom. The van der Waals surface area contributed by atoms with E-state index < -0.39 is 0 Å². The van der Waals surface area contributed by atoms with Gasteiger partial charge in [0.1, 0.15) is 0 Å². The van der Waals surface area contributed by atoms with Crippen LogP contribution in [0.4, 0.5) is 0 Å². The van der Waals surface area contributed by atoms with Gasteiger partial charge in [-0.25, -0.2) is 0 Å². The highest BCUT2D eigenvalue weighted by Crippen LogP contribution is 2.59. The van der Waals surface area contributed by atoms with Crippen molar-refractivity contribution in [1.29, 1.82) is 0 Å². The molecule has 3 aliphatic carbocycles. The van der Waals surface area contributed by atoms with Crippen LogP contribution in [0.1, 0.15) is 25.7 Å². The summed E-state index contributed by atoms with van der Waals surface area (Å²) in [6.45, 7) is 0. The summed E-state index contributed by atoms with van der Waals surface area (Å²) in [6.07, 6.45) is 5.36. The van der Waals surface area contributed by atoms with Gasteiger partial charge in [-0.1, -0.05) is 0 Å². The second-order valence-corrected chi connectivity index (χ2v) is 4.45. The van der Waals surface area contributed by atoms with Crippen LogP contribution in [0.3, 0.4) is 0 Å². The quantitative estimate of drug-likeness (QED) is 0.536. The number of aliphatic hydroxyl groups is 1. The number of hydrogen-bond acceptors (Lipinski definition) is 1. The van der Waals surface area contributed by atoms with Crippen molar-refractivity contribution >= 4 is 0 Å². The van der Waals surface area contributed by atoms with Crippen LogP contribution in [-0.4, -0.2) is 11.2 Å². The maximum atomic E-state index is 9.59. The molecule has 1 nitrogen and oxygen atoms in total. The number of aliphatic hydroxyl groups excluding tert-OH is 1. The third-order valence-corrected chi connectivity index (χ3v) is 4.09. The molecule has 0 aromatic heterocycles. The third kappa shape index (κ3) is 0.493. The molecule has 0 aromatic carbocycles. The predicted octanol–water partition coefficient (Wildman–Crippen LogP) is 1.41. The van der Waals surface area contributed by atoms with Crippen molar-refractivity contribution in [3.63, 3.8) is 0 Å². The van der Waals surface area contributed by atoms with Gasteiger partial charge in [0.2, 0.25) is 0 Å². The molecular formula is C9H14O. The third-order valence-electron chi connectivity index (χ3n) is 4.09. The first-order valence-corrected chi connectivity index (χ1v) is 4.52. The van der Waals surface area contributed by atoms with Crippen LogP contribution in [0, 0.1) is 23.7 Å². The summed E-state index contributed by atoms with van der Waals surface area (Å²) in [5.41, 5.74) is 0. The highest BCUT2D eigenvalue weighted by atomic mass is 16.3. The van der Waals surface area contributed by atoms with E-state index in [1.54, 1.807) is 0 Å². The van der Waals surface area contributed by atoms with Gasteiger partial charge in [-0.2, -0.15) is 0 Å². The van der Waals surface area contributed by atoms with Crippen LogP contribution < -0.4 is 0 Å². The van der Waals surface area contributed by atoms with Crippen LogP contribution in [0.25, 0.3) is 0 Å². The van der Waals surface area contributed by atoms with E-state index in [2.05, 4.69) is 0 Å². The average molecular weight is 138 g/mol. The van der Waals surface area contributed by atoms with Crippen LogP contribution >= 0.6 is 0 Å². The highest BCUT2D eigenvalue weighted by Gasteiger charge is 2.53. The van der Waals surface area contributed by atoms with E-state index >= 15 is 0 Å². The molecule has 1 N–H and O–H groups in total. The zero-order chi connectivity index (χ0) is 6.72. The van der Waals surface area contributed by atoms with Gasteiger partial charge in [-0.3, -0.25) is 0 Å². The molecule has 0 radical (unpaired) electrons. The lowest BCUT2D eigenvalue weighted by Crippen LogP contribution is -2.37. The minimum absolute atomic E-state index is 0.0775. The highest BCUT2D eigenvalue weighted by molar-refractivity contribution is 5.03. The normalized spacial score (nSPS) is 63.9. The molecule has 0 amide bonds.